The molecule has 0 radical (unpaired) electrons. The molecule has 8 heteroatoms. The topological polar surface area (TPSA) is 93.8 Å². The molecular weight excluding hydrogens is 434 g/mol. The molecule has 2 heterocycles. The first-order chi connectivity index (χ1) is 16.5. The molecule has 0 spiro atoms. The van der Waals surface area contributed by atoms with Crippen molar-refractivity contribution in [1.82, 2.24) is 15.0 Å². The number of nitrogens with zero attached hydrogens (tertiary/aromatic N) is 2. The Bertz CT molecular complexity index is 1310. The van der Waals surface area contributed by atoms with E-state index >= 15 is 0 Å². The highest BCUT2D eigenvalue weighted by Crippen LogP contribution is 2.26. The van der Waals surface area contributed by atoms with E-state index in [-0.39, 0.29) is 12.5 Å². The van der Waals surface area contributed by atoms with E-state index in [1.165, 1.54) is 18.4 Å². The lowest BCUT2D eigenvalue weighted by molar-refractivity contribution is -0.102. The van der Waals surface area contributed by atoms with E-state index in [0.717, 1.165) is 33.3 Å². The molecule has 1 amide bonds. The van der Waals surface area contributed by atoms with Crippen molar-refractivity contribution in [2.75, 3.05) is 20.8 Å². The molecule has 4 aromatic rings. The zero-order valence-corrected chi connectivity index (χ0v) is 19.2. The van der Waals surface area contributed by atoms with Crippen molar-refractivity contribution in [3.8, 4) is 16.9 Å². The number of aromatic amines is 1. The number of amides is 1. The van der Waals surface area contributed by atoms with Crippen molar-refractivity contribution >= 4 is 22.8 Å². The summed E-state index contributed by atoms with van der Waals surface area (Å²) in [6.45, 7) is 2.35. The van der Waals surface area contributed by atoms with Gasteiger partial charge in [-0.05, 0) is 54.4 Å². The predicted molar refractivity (Wildman–Crippen MR) is 127 cm³/mol. The van der Waals surface area contributed by atoms with Gasteiger partial charge in [-0.15, -0.1) is 0 Å². The lowest BCUT2D eigenvalue weighted by atomic mass is 10.0. The van der Waals surface area contributed by atoms with Crippen molar-refractivity contribution in [2.45, 2.75) is 13.5 Å². The monoisotopic (exact) mass is 459 g/mol. The summed E-state index contributed by atoms with van der Waals surface area (Å²) >= 11 is 0. The number of H-pyrrole nitrogens is 1. The molecule has 0 atom stereocenters. The minimum absolute atomic E-state index is 0.273. The number of nitrogens with one attached hydrogen (secondary N) is 1. The highest BCUT2D eigenvalue weighted by Gasteiger charge is 2.18. The van der Waals surface area contributed by atoms with Crippen LogP contribution in [0.3, 0.4) is 0 Å². The smallest absolute Gasteiger partial charge is 0.354 e. The molecule has 2 aromatic carbocycles. The standard InChI is InChI=1S/C26H25N3O5/c1-4-34-26(31)24-13-19-11-18(7-10-23(19)28-24)20-12-21(15-27-14-20)25(30)29(33-3)16-17-5-8-22(32-2)9-6-17/h5-15,28H,4,16H2,1-3H3. The van der Waals surface area contributed by atoms with Gasteiger partial charge in [0, 0.05) is 28.9 Å². The maximum atomic E-state index is 13.1. The number of carbonyl (C=O) groups excluding carboxylic acids is 2. The Morgan fingerprint density at radius 1 is 0.971 bits per heavy atom. The van der Waals surface area contributed by atoms with Crippen LogP contribution in [0.4, 0.5) is 0 Å². The zero-order chi connectivity index (χ0) is 24.1. The van der Waals surface area contributed by atoms with Gasteiger partial charge in [0.2, 0.25) is 0 Å². The number of fused-ring (bicyclic) bond motifs is 1. The molecule has 0 bridgehead atoms. The number of hydrogen-bond donors (Lipinski definition) is 1. The van der Waals surface area contributed by atoms with Gasteiger partial charge in [0.15, 0.2) is 0 Å². The quantitative estimate of drug-likeness (QED) is 0.305. The molecular formula is C26H25N3O5. The lowest BCUT2D eigenvalue weighted by Crippen LogP contribution is -2.29. The Labute approximate surface area is 197 Å². The first-order valence-corrected chi connectivity index (χ1v) is 10.8. The van der Waals surface area contributed by atoms with E-state index in [1.54, 1.807) is 32.4 Å². The molecule has 1 N–H and O–H groups in total. The van der Waals surface area contributed by atoms with E-state index in [0.29, 0.717) is 17.9 Å². The van der Waals surface area contributed by atoms with Crippen molar-refractivity contribution in [1.29, 1.82) is 0 Å². The number of esters is 1. The molecule has 8 nitrogen and oxygen atoms in total. The molecule has 2 aromatic heterocycles. The number of pyridine rings is 1. The Balaban J connectivity index is 1.56. The Morgan fingerprint density at radius 2 is 1.76 bits per heavy atom. The number of rotatable bonds is 8. The van der Waals surface area contributed by atoms with Crippen molar-refractivity contribution in [2.24, 2.45) is 0 Å². The Morgan fingerprint density at radius 3 is 2.47 bits per heavy atom. The summed E-state index contributed by atoms with van der Waals surface area (Å²) in [5.41, 5.74) is 4.14. The van der Waals surface area contributed by atoms with E-state index < -0.39 is 5.97 Å². The fourth-order valence-corrected chi connectivity index (χ4v) is 3.61. The van der Waals surface area contributed by atoms with E-state index in [2.05, 4.69) is 9.97 Å². The summed E-state index contributed by atoms with van der Waals surface area (Å²) in [6.07, 6.45) is 3.21. The molecule has 0 unspecified atom stereocenters. The van der Waals surface area contributed by atoms with Crippen LogP contribution >= 0.6 is 0 Å². The zero-order valence-electron chi connectivity index (χ0n) is 19.2. The van der Waals surface area contributed by atoms with Crippen LogP contribution < -0.4 is 4.74 Å². The highest BCUT2D eigenvalue weighted by molar-refractivity contribution is 5.97. The molecule has 0 aliphatic carbocycles. The third-order valence-corrected chi connectivity index (χ3v) is 5.37. The van der Waals surface area contributed by atoms with Gasteiger partial charge in [0.05, 0.1) is 32.9 Å². The molecule has 4 rings (SSSR count). The number of hydrogen-bond acceptors (Lipinski definition) is 6. The second-order valence-electron chi connectivity index (χ2n) is 7.54. The number of methoxy groups -OCH3 is 1. The lowest BCUT2D eigenvalue weighted by Gasteiger charge is -2.20. The number of ether oxygens (including phenoxy) is 2. The third kappa shape index (κ3) is 4.92. The van der Waals surface area contributed by atoms with Gasteiger partial charge >= 0.3 is 5.97 Å². The summed E-state index contributed by atoms with van der Waals surface area (Å²) in [6, 6.07) is 16.7. The normalized spacial score (nSPS) is 10.8. The van der Waals surface area contributed by atoms with Gasteiger partial charge in [-0.2, -0.15) is 0 Å². The van der Waals surface area contributed by atoms with Crippen LogP contribution in [-0.4, -0.2) is 47.7 Å². The summed E-state index contributed by atoms with van der Waals surface area (Å²) in [4.78, 5) is 37.8. The fourth-order valence-electron chi connectivity index (χ4n) is 3.61. The molecule has 0 aliphatic rings. The minimum atomic E-state index is -0.397. The van der Waals surface area contributed by atoms with Crippen LogP contribution in [0.1, 0.15) is 33.3 Å². The molecule has 0 saturated carbocycles. The van der Waals surface area contributed by atoms with Crippen molar-refractivity contribution < 1.29 is 23.9 Å². The van der Waals surface area contributed by atoms with Crippen molar-refractivity contribution in [3.05, 3.63) is 83.8 Å². The number of aromatic nitrogens is 2. The van der Waals surface area contributed by atoms with Crippen LogP contribution in [-0.2, 0) is 16.1 Å². The van der Waals surface area contributed by atoms with Gasteiger partial charge in [-0.1, -0.05) is 18.2 Å². The SMILES string of the molecule is CCOC(=O)c1cc2cc(-c3cncc(C(=O)N(Cc4ccc(OC)cc4)OC)c3)ccc2[nH]1. The maximum Gasteiger partial charge on any atom is 0.354 e. The number of hydroxylamine groups is 2. The number of carbonyl (C=O) groups is 2. The van der Waals surface area contributed by atoms with Crippen LogP contribution in [0.15, 0.2) is 67.0 Å². The fraction of sp³-hybridized carbons (Fsp3) is 0.192. The number of benzene rings is 2. The third-order valence-electron chi connectivity index (χ3n) is 5.37. The predicted octanol–water partition coefficient (Wildman–Crippen LogP) is 4.62. The van der Waals surface area contributed by atoms with Gasteiger partial charge in [-0.25, -0.2) is 9.86 Å². The first kappa shape index (κ1) is 23.0. The Hall–Kier alpha value is -4.17. The van der Waals surface area contributed by atoms with Crippen LogP contribution in [0.5, 0.6) is 5.75 Å². The summed E-state index contributed by atoms with van der Waals surface area (Å²) in [7, 11) is 3.06. The molecule has 34 heavy (non-hydrogen) atoms. The van der Waals surface area contributed by atoms with E-state index in [4.69, 9.17) is 14.3 Å². The van der Waals surface area contributed by atoms with E-state index in [1.807, 2.05) is 42.5 Å². The average Bonchev–Trinajstić information content (AvgIpc) is 3.31. The summed E-state index contributed by atoms with van der Waals surface area (Å²) < 4.78 is 10.2. The summed E-state index contributed by atoms with van der Waals surface area (Å²) in [5.74, 6) is 0.0377. The van der Waals surface area contributed by atoms with Crippen LogP contribution in [0.25, 0.3) is 22.0 Å². The second kappa shape index (κ2) is 10.2. The first-order valence-electron chi connectivity index (χ1n) is 10.8. The van der Waals surface area contributed by atoms with Gasteiger partial charge in [0.25, 0.3) is 5.91 Å². The largest absolute Gasteiger partial charge is 0.497 e. The van der Waals surface area contributed by atoms with Gasteiger partial charge in [-0.3, -0.25) is 14.6 Å². The minimum Gasteiger partial charge on any atom is -0.497 e. The van der Waals surface area contributed by atoms with E-state index in [9.17, 15) is 9.59 Å². The molecule has 0 aliphatic heterocycles. The van der Waals surface area contributed by atoms with Crippen LogP contribution in [0, 0.1) is 0 Å². The second-order valence-corrected chi connectivity index (χ2v) is 7.54. The van der Waals surface area contributed by atoms with Gasteiger partial charge in [0.1, 0.15) is 11.4 Å². The molecule has 0 fully saturated rings. The Kier molecular flexibility index (Phi) is 6.89. The maximum absolute atomic E-state index is 13.1. The highest BCUT2D eigenvalue weighted by atomic mass is 16.7. The average molecular weight is 460 g/mol. The van der Waals surface area contributed by atoms with Crippen molar-refractivity contribution in [3.63, 3.8) is 0 Å². The molecule has 174 valence electrons. The molecule has 0 saturated heterocycles. The van der Waals surface area contributed by atoms with Gasteiger partial charge < -0.3 is 14.5 Å². The van der Waals surface area contributed by atoms with Crippen LogP contribution in [0.2, 0.25) is 0 Å². The summed E-state index contributed by atoms with van der Waals surface area (Å²) in [5, 5.41) is 2.14.